The van der Waals surface area contributed by atoms with Crippen LogP contribution in [0.2, 0.25) is 0 Å². The molecule has 1 fully saturated rings. The van der Waals surface area contributed by atoms with Crippen molar-refractivity contribution in [2.24, 2.45) is 0 Å². The number of anilines is 1. The number of nitrogens with one attached hydrogen (secondary N) is 1. The third kappa shape index (κ3) is 4.37. The van der Waals surface area contributed by atoms with Gasteiger partial charge in [0.2, 0.25) is 0 Å². The van der Waals surface area contributed by atoms with Crippen molar-refractivity contribution in [1.82, 2.24) is 9.80 Å². The molecule has 3 heterocycles. The Labute approximate surface area is 187 Å². The third-order valence-corrected chi connectivity index (χ3v) is 8.06. The predicted molar refractivity (Wildman–Crippen MR) is 128 cm³/mol. The zero-order valence-electron chi connectivity index (χ0n) is 17.9. The Morgan fingerprint density at radius 1 is 1.07 bits per heavy atom. The molecule has 3 aromatic rings. The SMILES string of the molecule is CCN1CCN(C(c2cccs2)c2c(NC(=O)c3ccccc3)sc(C)c2C)CC1. The lowest BCUT2D eigenvalue weighted by atomic mass is 9.99. The normalized spacial score (nSPS) is 16.5. The van der Waals surface area contributed by atoms with Crippen LogP contribution in [0.3, 0.4) is 0 Å². The lowest BCUT2D eigenvalue weighted by Crippen LogP contribution is -2.47. The van der Waals surface area contributed by atoms with E-state index in [9.17, 15) is 4.79 Å². The van der Waals surface area contributed by atoms with E-state index in [0.717, 1.165) is 37.7 Å². The van der Waals surface area contributed by atoms with Crippen molar-refractivity contribution < 1.29 is 4.79 Å². The zero-order chi connectivity index (χ0) is 21.1. The van der Waals surface area contributed by atoms with E-state index >= 15 is 0 Å². The molecule has 4 rings (SSSR count). The minimum absolute atomic E-state index is 0.0427. The average Bonchev–Trinajstić information content (AvgIpc) is 3.40. The van der Waals surface area contributed by atoms with Gasteiger partial charge in [0.25, 0.3) is 5.91 Å². The van der Waals surface area contributed by atoms with Crippen LogP contribution in [0.4, 0.5) is 5.00 Å². The van der Waals surface area contributed by atoms with Gasteiger partial charge in [0.15, 0.2) is 0 Å². The van der Waals surface area contributed by atoms with Crippen molar-refractivity contribution >= 4 is 33.6 Å². The number of hydrogen-bond donors (Lipinski definition) is 1. The molecule has 0 aliphatic carbocycles. The topological polar surface area (TPSA) is 35.6 Å². The number of amides is 1. The number of carbonyl (C=O) groups excluding carboxylic acids is 1. The van der Waals surface area contributed by atoms with Gasteiger partial charge in [-0.3, -0.25) is 9.69 Å². The molecule has 6 heteroatoms. The average molecular weight is 440 g/mol. The third-order valence-electron chi connectivity index (χ3n) is 6.00. The first-order chi connectivity index (χ1) is 14.6. The molecule has 1 amide bonds. The van der Waals surface area contributed by atoms with E-state index in [1.807, 2.05) is 30.3 Å². The Morgan fingerprint density at radius 3 is 2.43 bits per heavy atom. The molecule has 0 saturated carbocycles. The van der Waals surface area contributed by atoms with Crippen molar-refractivity contribution in [2.75, 3.05) is 38.0 Å². The standard InChI is InChI=1S/C24H29N3OS2/c1-4-26-12-14-27(15-13-26)22(20-11-8-16-29-20)21-17(2)18(3)30-24(21)25-23(28)19-9-6-5-7-10-19/h5-11,16,22H,4,12-15H2,1-3H3,(H,25,28). The smallest absolute Gasteiger partial charge is 0.256 e. The molecule has 1 aliphatic rings. The minimum atomic E-state index is -0.0427. The van der Waals surface area contributed by atoms with Gasteiger partial charge in [0, 0.05) is 47.1 Å². The number of piperazine rings is 1. The maximum Gasteiger partial charge on any atom is 0.256 e. The van der Waals surface area contributed by atoms with Crippen LogP contribution in [0.25, 0.3) is 0 Å². The number of rotatable bonds is 6. The highest BCUT2D eigenvalue weighted by atomic mass is 32.1. The second kappa shape index (κ2) is 9.43. The minimum Gasteiger partial charge on any atom is -0.313 e. The Hall–Kier alpha value is -1.99. The second-order valence-electron chi connectivity index (χ2n) is 7.73. The first-order valence-corrected chi connectivity index (χ1v) is 12.2. The summed E-state index contributed by atoms with van der Waals surface area (Å²) in [4.78, 5) is 20.6. The summed E-state index contributed by atoms with van der Waals surface area (Å²) in [5.41, 5.74) is 3.24. The lowest BCUT2D eigenvalue weighted by Gasteiger charge is -2.39. The summed E-state index contributed by atoms with van der Waals surface area (Å²) in [5, 5.41) is 6.37. The molecule has 0 spiro atoms. The summed E-state index contributed by atoms with van der Waals surface area (Å²) >= 11 is 3.50. The molecule has 1 aromatic carbocycles. The van der Waals surface area contributed by atoms with Gasteiger partial charge in [0.1, 0.15) is 5.00 Å². The molecule has 1 atom stereocenters. The number of nitrogens with zero attached hydrogens (tertiary/aromatic N) is 2. The predicted octanol–water partition coefficient (Wildman–Crippen LogP) is 5.41. The molecule has 2 aromatic heterocycles. The van der Waals surface area contributed by atoms with Gasteiger partial charge < -0.3 is 10.2 Å². The Morgan fingerprint density at radius 2 is 1.80 bits per heavy atom. The summed E-state index contributed by atoms with van der Waals surface area (Å²) in [7, 11) is 0. The first kappa shape index (κ1) is 21.2. The maximum absolute atomic E-state index is 12.9. The van der Waals surface area contributed by atoms with Crippen LogP contribution in [0.15, 0.2) is 47.8 Å². The van der Waals surface area contributed by atoms with Gasteiger partial charge in [-0.15, -0.1) is 22.7 Å². The fourth-order valence-electron chi connectivity index (χ4n) is 4.12. The Bertz CT molecular complexity index is 974. The number of aryl methyl sites for hydroxylation is 1. The van der Waals surface area contributed by atoms with E-state index < -0.39 is 0 Å². The van der Waals surface area contributed by atoms with E-state index in [4.69, 9.17) is 0 Å². The van der Waals surface area contributed by atoms with Gasteiger partial charge in [-0.25, -0.2) is 0 Å². The lowest BCUT2D eigenvalue weighted by molar-refractivity contribution is 0.102. The Balaban J connectivity index is 1.69. The van der Waals surface area contributed by atoms with Crippen molar-refractivity contribution in [3.05, 3.63) is 74.3 Å². The Kier molecular flexibility index (Phi) is 6.68. The van der Waals surface area contributed by atoms with Gasteiger partial charge in [0.05, 0.1) is 6.04 Å². The van der Waals surface area contributed by atoms with E-state index in [-0.39, 0.29) is 11.9 Å². The van der Waals surface area contributed by atoms with E-state index in [1.165, 1.54) is 20.9 Å². The fourth-order valence-corrected chi connectivity index (χ4v) is 6.08. The van der Waals surface area contributed by atoms with Gasteiger partial charge in [-0.1, -0.05) is 31.2 Å². The molecule has 1 aliphatic heterocycles. The fraction of sp³-hybridized carbons (Fsp3) is 0.375. The van der Waals surface area contributed by atoms with Crippen LogP contribution in [-0.4, -0.2) is 48.4 Å². The molecule has 4 nitrogen and oxygen atoms in total. The molecule has 1 unspecified atom stereocenters. The molecule has 0 radical (unpaired) electrons. The summed E-state index contributed by atoms with van der Waals surface area (Å²) in [6.07, 6.45) is 0. The quantitative estimate of drug-likeness (QED) is 0.558. The molecule has 158 valence electrons. The van der Waals surface area contributed by atoms with E-state index in [1.54, 1.807) is 22.7 Å². The van der Waals surface area contributed by atoms with Crippen LogP contribution < -0.4 is 5.32 Å². The summed E-state index contributed by atoms with van der Waals surface area (Å²) in [6.45, 7) is 11.9. The number of hydrogen-bond acceptors (Lipinski definition) is 5. The second-order valence-corrected chi connectivity index (χ2v) is 9.94. The summed E-state index contributed by atoms with van der Waals surface area (Å²) in [6, 6.07) is 14.0. The monoisotopic (exact) mass is 439 g/mol. The van der Waals surface area contributed by atoms with Crippen molar-refractivity contribution in [2.45, 2.75) is 26.8 Å². The molecular formula is C24H29N3OS2. The van der Waals surface area contributed by atoms with Crippen LogP contribution in [0.5, 0.6) is 0 Å². The number of thiophene rings is 2. The first-order valence-electron chi connectivity index (χ1n) is 10.5. The number of benzene rings is 1. The summed E-state index contributed by atoms with van der Waals surface area (Å²) < 4.78 is 0. The zero-order valence-corrected chi connectivity index (χ0v) is 19.5. The largest absolute Gasteiger partial charge is 0.313 e. The van der Waals surface area contributed by atoms with Crippen molar-refractivity contribution in [3.63, 3.8) is 0 Å². The molecule has 30 heavy (non-hydrogen) atoms. The highest BCUT2D eigenvalue weighted by Gasteiger charge is 2.31. The van der Waals surface area contributed by atoms with Crippen LogP contribution in [-0.2, 0) is 0 Å². The summed E-state index contributed by atoms with van der Waals surface area (Å²) in [5.74, 6) is -0.0427. The van der Waals surface area contributed by atoms with Crippen LogP contribution >= 0.6 is 22.7 Å². The van der Waals surface area contributed by atoms with Gasteiger partial charge >= 0.3 is 0 Å². The molecular weight excluding hydrogens is 410 g/mol. The molecule has 1 saturated heterocycles. The van der Waals surface area contributed by atoms with Crippen LogP contribution in [0.1, 0.15) is 44.2 Å². The number of carbonyl (C=O) groups is 1. The van der Waals surface area contributed by atoms with Gasteiger partial charge in [-0.05, 0) is 49.5 Å². The van der Waals surface area contributed by atoms with E-state index in [2.05, 4.69) is 53.4 Å². The highest BCUT2D eigenvalue weighted by Crippen LogP contribution is 2.43. The van der Waals surface area contributed by atoms with Crippen LogP contribution in [0, 0.1) is 13.8 Å². The van der Waals surface area contributed by atoms with E-state index in [0.29, 0.717) is 5.56 Å². The molecule has 0 bridgehead atoms. The number of likely N-dealkylation sites (N-methyl/N-ethyl adjacent to an activating group) is 1. The van der Waals surface area contributed by atoms with Crippen molar-refractivity contribution in [3.8, 4) is 0 Å². The van der Waals surface area contributed by atoms with Gasteiger partial charge in [-0.2, -0.15) is 0 Å². The maximum atomic E-state index is 12.9. The molecule has 1 N–H and O–H groups in total. The van der Waals surface area contributed by atoms with Crippen molar-refractivity contribution in [1.29, 1.82) is 0 Å². The highest BCUT2D eigenvalue weighted by molar-refractivity contribution is 7.16.